The summed E-state index contributed by atoms with van der Waals surface area (Å²) < 4.78 is 2.04. The Balaban J connectivity index is 1.88. The van der Waals surface area contributed by atoms with E-state index < -0.39 is 11.6 Å². The Hall–Kier alpha value is -2.21. The number of aromatic nitrogens is 1. The molecule has 0 aliphatic heterocycles. The van der Waals surface area contributed by atoms with E-state index in [2.05, 4.69) is 11.4 Å². The maximum atomic E-state index is 11.9. The minimum Gasteiger partial charge on any atom is -0.465 e. The number of rotatable bonds is 6. The molecule has 1 aromatic carbocycles. The second-order valence-corrected chi connectivity index (χ2v) is 9.10. The standard InChI is InChI=1S/C21H28ClN3O3/c1-14(26)23-9-10-24-13-17(22)16-6-5-15(11-18(16)24)12-21(7-8-21)25(19(27)28)20(2,3)4/h5-6,11,13H,7-10,12H2,1-4H3,(H,23,26)(H,27,28). The molecule has 3 rings (SSSR count). The Labute approximate surface area is 170 Å². The molecule has 0 unspecified atom stereocenters. The molecule has 1 aliphatic carbocycles. The van der Waals surface area contributed by atoms with Crippen LogP contribution in [0.4, 0.5) is 4.79 Å². The normalized spacial score (nSPS) is 15.5. The molecule has 1 aromatic heterocycles. The number of fused-ring (bicyclic) bond motifs is 1. The highest BCUT2D eigenvalue weighted by molar-refractivity contribution is 6.35. The number of carboxylic acid groups (broad SMARTS) is 1. The maximum Gasteiger partial charge on any atom is 0.408 e. The predicted octanol–water partition coefficient (Wildman–Crippen LogP) is 4.28. The molecule has 6 nitrogen and oxygen atoms in total. The van der Waals surface area contributed by atoms with Crippen LogP contribution in [0.1, 0.15) is 46.1 Å². The number of hydrogen-bond donors (Lipinski definition) is 2. The molecule has 0 bridgehead atoms. The summed E-state index contributed by atoms with van der Waals surface area (Å²) in [4.78, 5) is 24.7. The molecule has 1 heterocycles. The number of halogens is 1. The summed E-state index contributed by atoms with van der Waals surface area (Å²) in [6.07, 6.45) is 3.44. The Bertz CT molecular complexity index is 909. The predicted molar refractivity (Wildman–Crippen MR) is 111 cm³/mol. The highest BCUT2D eigenvalue weighted by Crippen LogP contribution is 2.48. The van der Waals surface area contributed by atoms with Crippen LogP contribution in [0, 0.1) is 0 Å². The van der Waals surface area contributed by atoms with E-state index in [1.165, 1.54) is 6.92 Å². The summed E-state index contributed by atoms with van der Waals surface area (Å²) in [7, 11) is 0. The molecule has 152 valence electrons. The molecule has 0 saturated heterocycles. The molecule has 2 amide bonds. The third-order valence-electron chi connectivity index (χ3n) is 5.32. The first-order valence-corrected chi connectivity index (χ1v) is 9.96. The molecular weight excluding hydrogens is 378 g/mol. The van der Waals surface area contributed by atoms with Gasteiger partial charge in [-0.1, -0.05) is 23.7 Å². The van der Waals surface area contributed by atoms with Gasteiger partial charge in [0, 0.05) is 42.7 Å². The number of hydrogen-bond acceptors (Lipinski definition) is 2. The molecule has 0 radical (unpaired) electrons. The number of nitrogens with one attached hydrogen (secondary N) is 1. The number of amides is 2. The molecule has 2 N–H and O–H groups in total. The highest BCUT2D eigenvalue weighted by atomic mass is 35.5. The fourth-order valence-electron chi connectivity index (χ4n) is 4.15. The van der Waals surface area contributed by atoms with Crippen molar-refractivity contribution < 1.29 is 14.7 Å². The molecule has 0 spiro atoms. The quantitative estimate of drug-likeness (QED) is 0.753. The van der Waals surface area contributed by atoms with Crippen LogP contribution in [0.25, 0.3) is 10.9 Å². The average Bonchev–Trinajstić information content (AvgIpc) is 3.23. The lowest BCUT2D eigenvalue weighted by Crippen LogP contribution is -2.53. The van der Waals surface area contributed by atoms with Gasteiger partial charge in [0.05, 0.1) is 10.6 Å². The molecule has 2 aromatic rings. The summed E-state index contributed by atoms with van der Waals surface area (Å²) in [5.74, 6) is -0.0603. The van der Waals surface area contributed by atoms with Crippen molar-refractivity contribution >= 4 is 34.5 Å². The minimum atomic E-state index is -0.868. The SMILES string of the molecule is CC(=O)NCCn1cc(Cl)c2ccc(CC3(N(C(=O)O)C(C)(C)C)CC3)cc21. The van der Waals surface area contributed by atoms with Crippen molar-refractivity contribution in [3.05, 3.63) is 35.0 Å². The van der Waals surface area contributed by atoms with Crippen molar-refractivity contribution in [2.24, 2.45) is 0 Å². The lowest BCUT2D eigenvalue weighted by molar-refractivity contribution is -0.118. The number of nitrogens with zero attached hydrogens (tertiary/aromatic N) is 2. The zero-order valence-corrected chi connectivity index (χ0v) is 17.6. The third-order valence-corrected chi connectivity index (χ3v) is 5.62. The van der Waals surface area contributed by atoms with Gasteiger partial charge in [0.1, 0.15) is 0 Å². The van der Waals surface area contributed by atoms with Crippen LogP contribution in [0.2, 0.25) is 5.02 Å². The van der Waals surface area contributed by atoms with Crippen LogP contribution in [0.5, 0.6) is 0 Å². The van der Waals surface area contributed by atoms with Crippen molar-refractivity contribution in [1.82, 2.24) is 14.8 Å². The lowest BCUT2D eigenvalue weighted by Gasteiger charge is -2.40. The zero-order chi connectivity index (χ0) is 20.7. The van der Waals surface area contributed by atoms with E-state index in [-0.39, 0.29) is 11.4 Å². The van der Waals surface area contributed by atoms with Crippen molar-refractivity contribution in [3.8, 4) is 0 Å². The summed E-state index contributed by atoms with van der Waals surface area (Å²) in [5, 5.41) is 14.2. The van der Waals surface area contributed by atoms with Gasteiger partial charge in [-0.25, -0.2) is 4.79 Å². The minimum absolute atomic E-state index is 0.0603. The number of carbonyl (C=O) groups is 2. The van der Waals surface area contributed by atoms with Crippen LogP contribution in [0.15, 0.2) is 24.4 Å². The van der Waals surface area contributed by atoms with E-state index in [0.29, 0.717) is 24.5 Å². The molecular formula is C21H28ClN3O3. The number of carbonyl (C=O) groups excluding carboxylic acids is 1. The first-order chi connectivity index (χ1) is 13.0. The van der Waals surface area contributed by atoms with Crippen LogP contribution in [-0.2, 0) is 17.8 Å². The van der Waals surface area contributed by atoms with E-state index in [0.717, 1.165) is 29.3 Å². The second kappa shape index (κ2) is 7.32. The molecule has 1 fully saturated rings. The first kappa shape index (κ1) is 20.5. The van der Waals surface area contributed by atoms with Crippen molar-refractivity contribution in [2.75, 3.05) is 6.54 Å². The average molecular weight is 406 g/mol. The van der Waals surface area contributed by atoms with Gasteiger partial charge < -0.3 is 15.0 Å². The number of benzene rings is 1. The van der Waals surface area contributed by atoms with E-state index in [4.69, 9.17) is 11.6 Å². The largest absolute Gasteiger partial charge is 0.465 e. The van der Waals surface area contributed by atoms with Crippen molar-refractivity contribution in [3.63, 3.8) is 0 Å². The molecule has 0 atom stereocenters. The Morgan fingerprint density at radius 2 is 2.00 bits per heavy atom. The maximum absolute atomic E-state index is 11.9. The van der Waals surface area contributed by atoms with Crippen LogP contribution in [-0.4, -0.2) is 44.2 Å². The van der Waals surface area contributed by atoms with Gasteiger partial charge in [-0.3, -0.25) is 9.69 Å². The van der Waals surface area contributed by atoms with Crippen LogP contribution >= 0.6 is 11.6 Å². The zero-order valence-electron chi connectivity index (χ0n) is 16.9. The van der Waals surface area contributed by atoms with E-state index in [9.17, 15) is 14.7 Å². The van der Waals surface area contributed by atoms with Crippen molar-refractivity contribution in [2.45, 2.75) is 64.6 Å². The van der Waals surface area contributed by atoms with Gasteiger partial charge in [0.2, 0.25) is 5.91 Å². The summed E-state index contributed by atoms with van der Waals surface area (Å²) in [5.41, 5.74) is 1.31. The smallest absolute Gasteiger partial charge is 0.408 e. The molecule has 1 aliphatic rings. The van der Waals surface area contributed by atoms with Crippen molar-refractivity contribution in [1.29, 1.82) is 0 Å². The summed E-state index contributed by atoms with van der Waals surface area (Å²) >= 11 is 6.37. The fourth-order valence-corrected chi connectivity index (χ4v) is 4.42. The molecule has 7 heteroatoms. The first-order valence-electron chi connectivity index (χ1n) is 9.58. The van der Waals surface area contributed by atoms with Gasteiger partial charge in [0.15, 0.2) is 0 Å². The molecule has 28 heavy (non-hydrogen) atoms. The Kier molecular flexibility index (Phi) is 5.36. The van der Waals surface area contributed by atoms with Gasteiger partial charge in [-0.05, 0) is 51.7 Å². The van der Waals surface area contributed by atoms with E-state index >= 15 is 0 Å². The van der Waals surface area contributed by atoms with Gasteiger partial charge in [-0.2, -0.15) is 0 Å². The van der Waals surface area contributed by atoms with Gasteiger partial charge in [0.25, 0.3) is 0 Å². The summed E-state index contributed by atoms with van der Waals surface area (Å²) in [6.45, 7) is 8.48. The van der Waals surface area contributed by atoms with Crippen LogP contribution in [0.3, 0.4) is 0 Å². The fraction of sp³-hybridized carbons (Fsp3) is 0.524. The van der Waals surface area contributed by atoms with E-state index in [1.54, 1.807) is 4.90 Å². The highest BCUT2D eigenvalue weighted by Gasteiger charge is 2.53. The second-order valence-electron chi connectivity index (χ2n) is 8.69. The lowest BCUT2D eigenvalue weighted by atomic mass is 9.96. The Morgan fingerprint density at radius 3 is 2.54 bits per heavy atom. The topological polar surface area (TPSA) is 74.6 Å². The monoisotopic (exact) mass is 405 g/mol. The van der Waals surface area contributed by atoms with E-state index in [1.807, 2.05) is 43.7 Å². The third kappa shape index (κ3) is 4.12. The van der Waals surface area contributed by atoms with Gasteiger partial charge in [-0.15, -0.1) is 0 Å². The molecule has 1 saturated carbocycles. The van der Waals surface area contributed by atoms with Gasteiger partial charge >= 0.3 is 6.09 Å². The Morgan fingerprint density at radius 1 is 1.32 bits per heavy atom. The van der Waals surface area contributed by atoms with Crippen LogP contribution < -0.4 is 5.32 Å². The summed E-state index contributed by atoms with van der Waals surface area (Å²) in [6, 6.07) is 6.13.